The van der Waals surface area contributed by atoms with Gasteiger partial charge in [0.05, 0.1) is 5.75 Å². The smallest absolute Gasteiger partial charge is 0.265 e. The Labute approximate surface area is 179 Å². The third-order valence-electron chi connectivity index (χ3n) is 4.43. The van der Waals surface area contributed by atoms with E-state index >= 15 is 0 Å². The van der Waals surface area contributed by atoms with Crippen LogP contribution in [0.25, 0.3) is 0 Å². The van der Waals surface area contributed by atoms with E-state index in [9.17, 15) is 13.2 Å². The topological polar surface area (TPSA) is 84.5 Å². The van der Waals surface area contributed by atoms with Gasteiger partial charge in [0.1, 0.15) is 5.75 Å². The van der Waals surface area contributed by atoms with Gasteiger partial charge < -0.3 is 10.1 Å². The number of carbonyl (C=O) groups excluding carboxylic acids is 1. The van der Waals surface area contributed by atoms with Crippen LogP contribution in [-0.2, 0) is 26.0 Å². The maximum atomic E-state index is 12.4. The van der Waals surface area contributed by atoms with Crippen LogP contribution in [0.2, 0.25) is 0 Å². The molecule has 7 heteroatoms. The van der Waals surface area contributed by atoms with Gasteiger partial charge in [-0.3, -0.25) is 4.79 Å². The lowest BCUT2D eigenvalue weighted by Crippen LogP contribution is -2.30. The first-order valence-corrected chi connectivity index (χ1v) is 11.4. The van der Waals surface area contributed by atoms with Crippen LogP contribution in [0, 0.1) is 0 Å². The number of ether oxygens (including phenoxy) is 1. The number of rotatable bonds is 9. The molecule has 0 fully saturated rings. The summed E-state index contributed by atoms with van der Waals surface area (Å²) in [6, 6.07) is 14.4. The number of amides is 1. The fourth-order valence-corrected chi connectivity index (χ4v) is 3.78. The van der Waals surface area contributed by atoms with Crippen molar-refractivity contribution in [2.45, 2.75) is 45.0 Å². The largest absolute Gasteiger partial charge is 0.481 e. The summed E-state index contributed by atoms with van der Waals surface area (Å²) in [5.74, 6) is 0.195. The second-order valence-electron chi connectivity index (χ2n) is 8.12. The van der Waals surface area contributed by atoms with Crippen molar-refractivity contribution in [1.82, 2.24) is 4.72 Å². The van der Waals surface area contributed by atoms with Crippen LogP contribution in [0.4, 0.5) is 5.69 Å². The molecule has 162 valence electrons. The van der Waals surface area contributed by atoms with E-state index in [1.807, 2.05) is 24.3 Å². The summed E-state index contributed by atoms with van der Waals surface area (Å²) in [5.41, 5.74) is 2.43. The van der Waals surface area contributed by atoms with E-state index in [2.05, 4.69) is 37.4 Å². The Balaban J connectivity index is 1.93. The minimum Gasteiger partial charge on any atom is -0.481 e. The molecule has 6 nitrogen and oxygen atoms in total. The minimum atomic E-state index is -3.42. The molecule has 0 radical (unpaired) electrons. The molecule has 0 saturated heterocycles. The lowest BCUT2D eigenvalue weighted by atomic mass is 9.87. The molecule has 0 aromatic heterocycles. The quantitative estimate of drug-likeness (QED) is 0.589. The standard InChI is InChI=1S/C23H30N2O4S/c1-6-15-24-30(27,28)16-18-7-11-20(12-8-18)25-22(26)17(2)29-21-13-9-19(10-14-21)23(3,4)5/h6-14,17,24H,1,15-16H2,2-5H3,(H,25,26). The Morgan fingerprint density at radius 1 is 1.10 bits per heavy atom. The first kappa shape index (κ1) is 23.6. The highest BCUT2D eigenvalue weighted by molar-refractivity contribution is 7.88. The number of hydrogen-bond acceptors (Lipinski definition) is 4. The van der Waals surface area contributed by atoms with Gasteiger partial charge in [0.25, 0.3) is 5.91 Å². The van der Waals surface area contributed by atoms with Crippen LogP contribution in [0.15, 0.2) is 61.2 Å². The average Bonchev–Trinajstić information content (AvgIpc) is 2.67. The number of anilines is 1. The monoisotopic (exact) mass is 430 g/mol. The van der Waals surface area contributed by atoms with E-state index < -0.39 is 16.1 Å². The van der Waals surface area contributed by atoms with Crippen LogP contribution >= 0.6 is 0 Å². The predicted octanol–water partition coefficient (Wildman–Crippen LogP) is 4.00. The van der Waals surface area contributed by atoms with E-state index in [0.29, 0.717) is 17.0 Å². The predicted molar refractivity (Wildman–Crippen MR) is 121 cm³/mol. The Morgan fingerprint density at radius 2 is 1.70 bits per heavy atom. The molecule has 0 aliphatic heterocycles. The Kier molecular flexibility index (Phi) is 7.81. The second-order valence-corrected chi connectivity index (χ2v) is 9.92. The van der Waals surface area contributed by atoms with Crippen molar-refractivity contribution in [3.05, 3.63) is 72.3 Å². The Morgan fingerprint density at radius 3 is 2.23 bits per heavy atom. The first-order chi connectivity index (χ1) is 14.0. The summed E-state index contributed by atoms with van der Waals surface area (Å²) in [4.78, 5) is 12.4. The van der Waals surface area contributed by atoms with E-state index in [1.54, 1.807) is 31.2 Å². The van der Waals surface area contributed by atoms with E-state index in [1.165, 1.54) is 11.6 Å². The Bertz CT molecular complexity index is 960. The third-order valence-corrected chi connectivity index (χ3v) is 5.75. The summed E-state index contributed by atoms with van der Waals surface area (Å²) < 4.78 is 32.0. The van der Waals surface area contributed by atoms with Crippen LogP contribution in [0.1, 0.15) is 38.8 Å². The molecule has 0 aliphatic carbocycles. The third kappa shape index (κ3) is 7.31. The lowest BCUT2D eigenvalue weighted by Gasteiger charge is -2.20. The summed E-state index contributed by atoms with van der Waals surface area (Å²) >= 11 is 0. The fourth-order valence-electron chi connectivity index (χ4n) is 2.68. The van der Waals surface area contributed by atoms with Crippen LogP contribution in [-0.4, -0.2) is 27.0 Å². The summed E-state index contributed by atoms with van der Waals surface area (Å²) in [5, 5.41) is 2.78. The summed E-state index contributed by atoms with van der Waals surface area (Å²) in [6.45, 7) is 11.8. The molecule has 30 heavy (non-hydrogen) atoms. The molecule has 1 unspecified atom stereocenters. The highest BCUT2D eigenvalue weighted by atomic mass is 32.2. The van der Waals surface area contributed by atoms with Gasteiger partial charge in [-0.15, -0.1) is 6.58 Å². The number of carbonyl (C=O) groups is 1. The highest BCUT2D eigenvalue weighted by Crippen LogP contribution is 2.24. The van der Waals surface area contributed by atoms with Gasteiger partial charge in [0.15, 0.2) is 6.10 Å². The van der Waals surface area contributed by atoms with Crippen molar-refractivity contribution in [2.24, 2.45) is 0 Å². The van der Waals surface area contributed by atoms with Gasteiger partial charge in [0.2, 0.25) is 10.0 Å². The molecule has 1 amide bonds. The average molecular weight is 431 g/mol. The van der Waals surface area contributed by atoms with Gasteiger partial charge in [-0.25, -0.2) is 13.1 Å². The second kappa shape index (κ2) is 9.91. The van der Waals surface area contributed by atoms with Crippen molar-refractivity contribution in [2.75, 3.05) is 11.9 Å². The number of sulfonamides is 1. The van der Waals surface area contributed by atoms with Crippen LogP contribution in [0.3, 0.4) is 0 Å². The molecule has 0 saturated carbocycles. The van der Waals surface area contributed by atoms with E-state index in [4.69, 9.17) is 4.74 Å². The van der Waals surface area contributed by atoms with Crippen molar-refractivity contribution < 1.29 is 17.9 Å². The molecule has 2 aromatic rings. The van der Waals surface area contributed by atoms with Gasteiger partial charge in [0, 0.05) is 12.2 Å². The highest BCUT2D eigenvalue weighted by Gasteiger charge is 2.17. The van der Waals surface area contributed by atoms with Crippen molar-refractivity contribution in [3.63, 3.8) is 0 Å². The zero-order chi connectivity index (χ0) is 22.4. The molecule has 2 N–H and O–H groups in total. The SMILES string of the molecule is C=CCNS(=O)(=O)Cc1ccc(NC(=O)C(C)Oc2ccc(C(C)(C)C)cc2)cc1. The van der Waals surface area contributed by atoms with E-state index in [-0.39, 0.29) is 23.6 Å². The van der Waals surface area contributed by atoms with Crippen molar-refractivity contribution >= 4 is 21.6 Å². The number of hydrogen-bond donors (Lipinski definition) is 2. The van der Waals surface area contributed by atoms with Crippen LogP contribution < -0.4 is 14.8 Å². The first-order valence-electron chi connectivity index (χ1n) is 9.75. The molecule has 2 rings (SSSR count). The zero-order valence-corrected chi connectivity index (χ0v) is 18.8. The zero-order valence-electron chi connectivity index (χ0n) is 17.9. The van der Waals surface area contributed by atoms with Gasteiger partial charge in [-0.1, -0.05) is 51.1 Å². The maximum Gasteiger partial charge on any atom is 0.265 e. The molecular formula is C23H30N2O4S. The fraction of sp³-hybridized carbons (Fsp3) is 0.348. The van der Waals surface area contributed by atoms with Crippen LogP contribution in [0.5, 0.6) is 5.75 Å². The molecule has 1 atom stereocenters. The van der Waals surface area contributed by atoms with Crippen molar-refractivity contribution in [3.8, 4) is 5.75 Å². The molecule has 0 heterocycles. The molecule has 0 spiro atoms. The maximum absolute atomic E-state index is 12.4. The minimum absolute atomic E-state index is 0.0503. The molecule has 0 aliphatic rings. The van der Waals surface area contributed by atoms with Gasteiger partial charge >= 0.3 is 0 Å². The normalized spacial score (nSPS) is 12.8. The van der Waals surface area contributed by atoms with Gasteiger partial charge in [-0.05, 0) is 47.7 Å². The van der Waals surface area contributed by atoms with Crippen molar-refractivity contribution in [1.29, 1.82) is 0 Å². The summed E-state index contributed by atoms with van der Waals surface area (Å²) in [6.07, 6.45) is 0.798. The summed E-state index contributed by atoms with van der Waals surface area (Å²) in [7, 11) is -3.42. The van der Waals surface area contributed by atoms with E-state index in [0.717, 1.165) is 0 Å². The Hall–Kier alpha value is -2.64. The number of nitrogens with one attached hydrogen (secondary N) is 2. The molecule has 0 bridgehead atoms. The lowest BCUT2D eigenvalue weighted by molar-refractivity contribution is -0.122. The van der Waals surface area contributed by atoms with Gasteiger partial charge in [-0.2, -0.15) is 0 Å². The number of benzene rings is 2. The molecule has 2 aromatic carbocycles. The molecular weight excluding hydrogens is 400 g/mol.